The van der Waals surface area contributed by atoms with E-state index in [1.165, 1.54) is 43.9 Å². The molecule has 1 aliphatic carbocycles. The molecule has 0 heterocycles. The molecule has 0 saturated heterocycles. The number of carboxylic acid groups (broad SMARTS) is 1. The molecule has 5 heteroatoms. The van der Waals surface area contributed by atoms with E-state index in [4.69, 9.17) is 5.11 Å². The lowest BCUT2D eigenvalue weighted by Crippen LogP contribution is -2.40. The average Bonchev–Trinajstić information content (AvgIpc) is 2.44. The number of thioether (sulfide) groups is 1. The average molecular weight is 301 g/mol. The molecule has 1 aliphatic rings. The fraction of sp³-hybridized carbons (Fsp3) is 0.867. The molecule has 2 unspecified atom stereocenters. The van der Waals surface area contributed by atoms with Gasteiger partial charge in [0.05, 0.1) is 5.25 Å². The van der Waals surface area contributed by atoms with Gasteiger partial charge in [0, 0.05) is 12.5 Å². The first-order valence-electron chi connectivity index (χ1n) is 7.58. The molecule has 2 N–H and O–H groups in total. The molecule has 0 aliphatic heterocycles. The number of carboxylic acids is 1. The van der Waals surface area contributed by atoms with Crippen molar-refractivity contribution in [3.8, 4) is 0 Å². The van der Waals surface area contributed by atoms with Crippen molar-refractivity contribution in [2.75, 3.05) is 6.26 Å². The van der Waals surface area contributed by atoms with Crippen LogP contribution in [0.15, 0.2) is 0 Å². The first-order valence-corrected chi connectivity index (χ1v) is 8.86. The van der Waals surface area contributed by atoms with Crippen molar-refractivity contribution in [3.63, 3.8) is 0 Å². The van der Waals surface area contributed by atoms with Crippen molar-refractivity contribution in [2.45, 2.75) is 69.6 Å². The summed E-state index contributed by atoms with van der Waals surface area (Å²) in [6.45, 7) is 1.88. The minimum atomic E-state index is -0.786. The van der Waals surface area contributed by atoms with E-state index < -0.39 is 5.97 Å². The summed E-state index contributed by atoms with van der Waals surface area (Å²) in [6, 6.07) is 0.0105. The first-order chi connectivity index (χ1) is 9.52. The van der Waals surface area contributed by atoms with E-state index in [0.29, 0.717) is 12.3 Å². The highest BCUT2D eigenvalue weighted by Crippen LogP contribution is 2.28. The summed E-state index contributed by atoms with van der Waals surface area (Å²) in [5, 5.41) is 11.8. The van der Waals surface area contributed by atoms with Gasteiger partial charge >= 0.3 is 5.97 Å². The van der Waals surface area contributed by atoms with E-state index in [0.717, 1.165) is 6.42 Å². The van der Waals surface area contributed by atoms with Crippen LogP contribution in [-0.2, 0) is 9.59 Å². The molecule has 0 bridgehead atoms. The molecule has 0 spiro atoms. The zero-order valence-corrected chi connectivity index (χ0v) is 13.4. The molecule has 116 valence electrons. The molecule has 4 nitrogen and oxygen atoms in total. The summed E-state index contributed by atoms with van der Waals surface area (Å²) in [4.78, 5) is 22.7. The summed E-state index contributed by atoms with van der Waals surface area (Å²) in [5.41, 5.74) is 0. The smallest absolute Gasteiger partial charge is 0.303 e. The topological polar surface area (TPSA) is 66.4 Å². The summed E-state index contributed by atoms with van der Waals surface area (Å²) >= 11 is 1.52. The number of hydrogen-bond donors (Lipinski definition) is 2. The van der Waals surface area contributed by atoms with E-state index in [-0.39, 0.29) is 23.6 Å². The highest BCUT2D eigenvalue weighted by Gasteiger charge is 2.22. The lowest BCUT2D eigenvalue weighted by Gasteiger charge is -2.27. The van der Waals surface area contributed by atoms with Gasteiger partial charge in [0.25, 0.3) is 0 Å². The maximum absolute atomic E-state index is 12.0. The number of nitrogens with one attached hydrogen (secondary N) is 1. The monoisotopic (exact) mass is 301 g/mol. The van der Waals surface area contributed by atoms with Gasteiger partial charge in [-0.05, 0) is 31.9 Å². The van der Waals surface area contributed by atoms with E-state index in [1.54, 1.807) is 0 Å². The Balaban J connectivity index is 2.49. The van der Waals surface area contributed by atoms with Crippen LogP contribution in [0, 0.1) is 5.92 Å². The maximum atomic E-state index is 12.0. The zero-order chi connectivity index (χ0) is 15.0. The predicted molar refractivity (Wildman–Crippen MR) is 83.0 cm³/mol. The quantitative estimate of drug-likeness (QED) is 0.723. The van der Waals surface area contributed by atoms with Crippen LogP contribution in [0.3, 0.4) is 0 Å². The van der Waals surface area contributed by atoms with Crippen molar-refractivity contribution in [1.29, 1.82) is 0 Å². The van der Waals surface area contributed by atoms with Crippen molar-refractivity contribution >= 4 is 23.6 Å². The number of hydrogen-bond acceptors (Lipinski definition) is 3. The van der Waals surface area contributed by atoms with Gasteiger partial charge in [-0.3, -0.25) is 9.59 Å². The van der Waals surface area contributed by atoms with Crippen LogP contribution >= 0.6 is 11.8 Å². The Morgan fingerprint density at radius 3 is 2.50 bits per heavy atom. The first kappa shape index (κ1) is 17.3. The lowest BCUT2D eigenvalue weighted by molar-refractivity contribution is -0.137. The van der Waals surface area contributed by atoms with Gasteiger partial charge in [-0.2, -0.15) is 11.8 Å². The van der Waals surface area contributed by atoms with Crippen LogP contribution in [0.5, 0.6) is 0 Å². The van der Waals surface area contributed by atoms with Gasteiger partial charge in [-0.25, -0.2) is 0 Å². The fourth-order valence-electron chi connectivity index (χ4n) is 2.80. The van der Waals surface area contributed by atoms with Gasteiger partial charge in [0.15, 0.2) is 0 Å². The molecule has 0 aromatic heterocycles. The Kier molecular flexibility index (Phi) is 8.04. The minimum absolute atomic E-state index is 0.0105. The van der Waals surface area contributed by atoms with Crippen molar-refractivity contribution in [1.82, 2.24) is 5.32 Å². The van der Waals surface area contributed by atoms with Gasteiger partial charge in [-0.15, -0.1) is 0 Å². The van der Waals surface area contributed by atoms with Crippen LogP contribution in [0.2, 0.25) is 0 Å². The maximum Gasteiger partial charge on any atom is 0.303 e. The van der Waals surface area contributed by atoms with Crippen LogP contribution in [0.4, 0.5) is 0 Å². The molecule has 0 radical (unpaired) electrons. The number of rotatable bonds is 8. The molecule has 1 rings (SSSR count). The van der Waals surface area contributed by atoms with E-state index >= 15 is 0 Å². The molecular formula is C15H27NO3S. The van der Waals surface area contributed by atoms with Crippen LogP contribution < -0.4 is 5.32 Å². The largest absolute Gasteiger partial charge is 0.481 e. The van der Waals surface area contributed by atoms with Crippen LogP contribution in [-0.4, -0.2) is 34.5 Å². The number of carbonyl (C=O) groups is 2. The molecule has 1 amide bonds. The highest BCUT2D eigenvalue weighted by molar-refractivity contribution is 7.99. The lowest BCUT2D eigenvalue weighted by atomic mass is 9.84. The molecular weight excluding hydrogens is 274 g/mol. The van der Waals surface area contributed by atoms with E-state index in [1.807, 2.05) is 13.2 Å². The normalized spacial score (nSPS) is 19.3. The van der Waals surface area contributed by atoms with Crippen molar-refractivity contribution < 1.29 is 14.7 Å². The molecule has 1 saturated carbocycles. The molecule has 2 atom stereocenters. The van der Waals surface area contributed by atoms with E-state index in [2.05, 4.69) is 5.32 Å². The van der Waals surface area contributed by atoms with Gasteiger partial charge < -0.3 is 10.4 Å². The number of aliphatic carboxylic acids is 1. The second kappa shape index (κ2) is 9.27. The van der Waals surface area contributed by atoms with Crippen LogP contribution in [0.25, 0.3) is 0 Å². The Morgan fingerprint density at radius 2 is 1.95 bits per heavy atom. The predicted octanol–water partition coefficient (Wildman–Crippen LogP) is 3.06. The second-order valence-electron chi connectivity index (χ2n) is 5.76. The minimum Gasteiger partial charge on any atom is -0.481 e. The van der Waals surface area contributed by atoms with E-state index in [9.17, 15) is 9.59 Å². The summed E-state index contributed by atoms with van der Waals surface area (Å²) in [7, 11) is 0. The van der Waals surface area contributed by atoms with Crippen molar-refractivity contribution in [3.05, 3.63) is 0 Å². The van der Waals surface area contributed by atoms with Crippen LogP contribution in [0.1, 0.15) is 58.3 Å². The molecule has 1 fully saturated rings. The fourth-order valence-corrected chi connectivity index (χ4v) is 3.08. The van der Waals surface area contributed by atoms with Crippen molar-refractivity contribution in [2.24, 2.45) is 5.92 Å². The summed E-state index contributed by atoms with van der Waals surface area (Å²) < 4.78 is 0. The second-order valence-corrected chi connectivity index (χ2v) is 6.93. The third-order valence-electron chi connectivity index (χ3n) is 4.12. The highest BCUT2D eigenvalue weighted by atomic mass is 32.2. The van der Waals surface area contributed by atoms with Gasteiger partial charge in [0.1, 0.15) is 0 Å². The standard InChI is InChI=1S/C15H27NO3S/c1-11(20-2)15(19)16-13(8-9-14(17)18)10-12-6-4-3-5-7-12/h11-13H,3-10H2,1-2H3,(H,16,19)(H,17,18). The van der Waals surface area contributed by atoms with Gasteiger partial charge in [0.2, 0.25) is 5.91 Å². The third-order valence-corrected chi connectivity index (χ3v) is 5.04. The molecule has 0 aromatic rings. The Hall–Kier alpha value is -0.710. The Bertz CT molecular complexity index is 316. The zero-order valence-electron chi connectivity index (χ0n) is 12.6. The number of amides is 1. The Morgan fingerprint density at radius 1 is 1.30 bits per heavy atom. The number of carbonyl (C=O) groups excluding carboxylic acids is 1. The molecule has 0 aromatic carbocycles. The summed E-state index contributed by atoms with van der Waals surface area (Å²) in [6.07, 6.45) is 9.81. The summed E-state index contributed by atoms with van der Waals surface area (Å²) in [5.74, 6) is -0.109. The third kappa shape index (κ3) is 6.64. The SMILES string of the molecule is CSC(C)C(=O)NC(CCC(=O)O)CC1CCCCC1. The van der Waals surface area contributed by atoms with Gasteiger partial charge in [-0.1, -0.05) is 32.1 Å². The molecule has 20 heavy (non-hydrogen) atoms. The Labute approximate surface area is 126 Å².